The summed E-state index contributed by atoms with van der Waals surface area (Å²) < 4.78 is 2.68. The van der Waals surface area contributed by atoms with Crippen molar-refractivity contribution >= 4 is 37.2 Å². The van der Waals surface area contributed by atoms with Gasteiger partial charge in [0.2, 0.25) is 0 Å². The van der Waals surface area contributed by atoms with Crippen molar-refractivity contribution < 1.29 is 0 Å². The molecular weight excluding hydrogens is 286 g/mol. The molecule has 0 fully saturated rings. The molecule has 3 aromatic carbocycles. The zero-order valence-electron chi connectivity index (χ0n) is 12.8. The molecule has 1 nitrogen and oxygen atoms in total. The molecule has 4 rings (SSSR count). The van der Waals surface area contributed by atoms with E-state index in [1.165, 1.54) is 31.3 Å². The Labute approximate surface area is 135 Å². The van der Waals surface area contributed by atoms with Crippen LogP contribution in [0, 0.1) is 0 Å². The highest BCUT2D eigenvalue weighted by Crippen LogP contribution is 2.36. The number of thiophene rings is 1. The number of anilines is 1. The Morgan fingerprint density at radius 1 is 0.682 bits per heavy atom. The fraction of sp³-hybridized carbons (Fsp3) is 0.100. The Hall–Kier alpha value is -2.32. The van der Waals surface area contributed by atoms with Crippen molar-refractivity contribution in [1.29, 1.82) is 0 Å². The maximum Gasteiger partial charge on any atom is 0.0355 e. The Morgan fingerprint density at radius 2 is 1.32 bits per heavy atom. The first kappa shape index (κ1) is 14.6. The van der Waals surface area contributed by atoms with Gasteiger partial charge in [0.05, 0.1) is 0 Å². The van der Waals surface area contributed by atoms with Crippen LogP contribution in [0.5, 0.6) is 0 Å². The van der Waals surface area contributed by atoms with Gasteiger partial charge in [0.1, 0.15) is 0 Å². The van der Waals surface area contributed by atoms with E-state index in [0.717, 1.165) is 5.69 Å². The molecule has 2 N–H and O–H groups in total. The molecule has 0 saturated carbocycles. The summed E-state index contributed by atoms with van der Waals surface area (Å²) in [6, 6.07) is 23.3. The second-order valence-electron chi connectivity index (χ2n) is 4.93. The SMILES string of the molecule is CC.Nc1ccc(-c2ccc3sc4ccccc4c3c2)cc1. The summed E-state index contributed by atoms with van der Waals surface area (Å²) in [5.74, 6) is 0. The summed E-state index contributed by atoms with van der Waals surface area (Å²) in [6.45, 7) is 4.00. The van der Waals surface area contributed by atoms with E-state index in [0.29, 0.717) is 0 Å². The summed E-state index contributed by atoms with van der Waals surface area (Å²) in [4.78, 5) is 0. The minimum atomic E-state index is 0.802. The molecular formula is C20H19NS. The summed E-state index contributed by atoms with van der Waals surface area (Å²) in [5, 5.41) is 2.67. The molecule has 1 aromatic heterocycles. The van der Waals surface area contributed by atoms with Crippen molar-refractivity contribution in [2.45, 2.75) is 13.8 Å². The van der Waals surface area contributed by atoms with Crippen molar-refractivity contribution in [2.75, 3.05) is 5.73 Å². The van der Waals surface area contributed by atoms with Gasteiger partial charge < -0.3 is 5.73 Å². The highest BCUT2D eigenvalue weighted by molar-refractivity contribution is 7.25. The topological polar surface area (TPSA) is 26.0 Å². The van der Waals surface area contributed by atoms with Gasteiger partial charge in [-0.25, -0.2) is 0 Å². The van der Waals surface area contributed by atoms with Crippen LogP contribution in [-0.4, -0.2) is 0 Å². The van der Waals surface area contributed by atoms with Crippen molar-refractivity contribution in [3.05, 3.63) is 66.7 Å². The number of hydrogen-bond donors (Lipinski definition) is 1. The largest absolute Gasteiger partial charge is 0.399 e. The predicted molar refractivity (Wildman–Crippen MR) is 101 cm³/mol. The van der Waals surface area contributed by atoms with Gasteiger partial charge in [0.15, 0.2) is 0 Å². The van der Waals surface area contributed by atoms with Gasteiger partial charge in [0, 0.05) is 25.9 Å². The fourth-order valence-electron chi connectivity index (χ4n) is 2.58. The fourth-order valence-corrected chi connectivity index (χ4v) is 3.67. The van der Waals surface area contributed by atoms with E-state index in [1.807, 2.05) is 37.3 Å². The lowest BCUT2D eigenvalue weighted by Crippen LogP contribution is -1.83. The van der Waals surface area contributed by atoms with Crippen LogP contribution in [0.25, 0.3) is 31.3 Å². The van der Waals surface area contributed by atoms with Gasteiger partial charge in [0.25, 0.3) is 0 Å². The van der Waals surface area contributed by atoms with Crippen molar-refractivity contribution in [2.24, 2.45) is 0 Å². The molecule has 0 atom stereocenters. The van der Waals surface area contributed by atoms with Crippen LogP contribution in [0.3, 0.4) is 0 Å². The molecule has 0 aliphatic carbocycles. The molecule has 0 unspecified atom stereocenters. The Morgan fingerprint density at radius 3 is 2.09 bits per heavy atom. The Kier molecular flexibility index (Phi) is 4.12. The number of nitrogen functional groups attached to an aromatic ring is 1. The van der Waals surface area contributed by atoms with Gasteiger partial charge in [-0.15, -0.1) is 11.3 Å². The van der Waals surface area contributed by atoms with E-state index in [-0.39, 0.29) is 0 Å². The number of hydrogen-bond acceptors (Lipinski definition) is 2. The van der Waals surface area contributed by atoms with Gasteiger partial charge in [-0.3, -0.25) is 0 Å². The zero-order valence-corrected chi connectivity index (χ0v) is 13.7. The second-order valence-corrected chi connectivity index (χ2v) is 6.01. The third-order valence-corrected chi connectivity index (χ3v) is 4.77. The molecule has 0 aliphatic heterocycles. The summed E-state index contributed by atoms with van der Waals surface area (Å²) in [7, 11) is 0. The number of nitrogens with two attached hydrogens (primary N) is 1. The lowest BCUT2D eigenvalue weighted by molar-refractivity contribution is 1.50. The minimum Gasteiger partial charge on any atom is -0.399 e. The van der Waals surface area contributed by atoms with Crippen LogP contribution >= 0.6 is 11.3 Å². The molecule has 2 heteroatoms. The van der Waals surface area contributed by atoms with Gasteiger partial charge in [-0.05, 0) is 41.5 Å². The number of fused-ring (bicyclic) bond motifs is 3. The van der Waals surface area contributed by atoms with E-state index in [2.05, 4.69) is 54.6 Å². The molecule has 110 valence electrons. The van der Waals surface area contributed by atoms with Crippen molar-refractivity contribution in [1.82, 2.24) is 0 Å². The molecule has 0 spiro atoms. The van der Waals surface area contributed by atoms with Crippen LogP contribution in [0.1, 0.15) is 13.8 Å². The summed E-state index contributed by atoms with van der Waals surface area (Å²) >= 11 is 1.85. The molecule has 0 radical (unpaired) electrons. The maximum atomic E-state index is 5.75. The minimum absolute atomic E-state index is 0.802. The van der Waals surface area contributed by atoms with Gasteiger partial charge in [-0.2, -0.15) is 0 Å². The third-order valence-electron chi connectivity index (χ3n) is 3.62. The maximum absolute atomic E-state index is 5.75. The van der Waals surface area contributed by atoms with E-state index >= 15 is 0 Å². The van der Waals surface area contributed by atoms with Crippen LogP contribution < -0.4 is 5.73 Å². The van der Waals surface area contributed by atoms with Gasteiger partial charge >= 0.3 is 0 Å². The van der Waals surface area contributed by atoms with Crippen LogP contribution in [-0.2, 0) is 0 Å². The lowest BCUT2D eigenvalue weighted by Gasteiger charge is -2.03. The highest BCUT2D eigenvalue weighted by Gasteiger charge is 2.06. The molecule has 22 heavy (non-hydrogen) atoms. The monoisotopic (exact) mass is 305 g/mol. The quantitative estimate of drug-likeness (QED) is 0.408. The Bertz CT molecular complexity index is 904. The highest BCUT2D eigenvalue weighted by atomic mass is 32.1. The lowest BCUT2D eigenvalue weighted by atomic mass is 10.0. The number of benzene rings is 3. The standard InChI is InChI=1S/C18H13NS.C2H6/c19-14-8-5-12(6-9-14)13-7-10-18-16(11-13)15-3-1-2-4-17(15)20-18;1-2/h1-11H,19H2;1-2H3. The molecule has 1 heterocycles. The zero-order chi connectivity index (χ0) is 15.5. The second kappa shape index (κ2) is 6.20. The first-order chi connectivity index (χ1) is 10.8. The first-order valence-electron chi connectivity index (χ1n) is 7.58. The van der Waals surface area contributed by atoms with Crippen molar-refractivity contribution in [3.8, 4) is 11.1 Å². The Balaban J connectivity index is 0.000000693. The summed E-state index contributed by atoms with van der Waals surface area (Å²) in [6.07, 6.45) is 0. The van der Waals surface area contributed by atoms with E-state index in [1.54, 1.807) is 0 Å². The normalized spacial score (nSPS) is 10.5. The molecule has 0 bridgehead atoms. The third kappa shape index (κ3) is 2.58. The number of rotatable bonds is 1. The predicted octanol–water partition coefficient (Wildman–Crippen LogP) is 6.33. The molecule has 0 amide bonds. The molecule has 0 saturated heterocycles. The van der Waals surface area contributed by atoms with Crippen molar-refractivity contribution in [3.63, 3.8) is 0 Å². The molecule has 4 aromatic rings. The van der Waals surface area contributed by atoms with Crippen LogP contribution in [0.4, 0.5) is 5.69 Å². The molecule has 0 aliphatic rings. The van der Waals surface area contributed by atoms with Crippen LogP contribution in [0.15, 0.2) is 66.7 Å². The summed E-state index contributed by atoms with van der Waals surface area (Å²) in [5.41, 5.74) is 9.00. The first-order valence-corrected chi connectivity index (χ1v) is 8.40. The van der Waals surface area contributed by atoms with E-state index in [4.69, 9.17) is 5.73 Å². The average Bonchev–Trinajstić information content (AvgIpc) is 2.95. The van der Waals surface area contributed by atoms with E-state index < -0.39 is 0 Å². The average molecular weight is 305 g/mol. The van der Waals surface area contributed by atoms with E-state index in [9.17, 15) is 0 Å². The van der Waals surface area contributed by atoms with Gasteiger partial charge in [-0.1, -0.05) is 50.2 Å². The van der Waals surface area contributed by atoms with Crippen LogP contribution in [0.2, 0.25) is 0 Å². The smallest absolute Gasteiger partial charge is 0.0355 e.